The summed E-state index contributed by atoms with van der Waals surface area (Å²) in [5.41, 5.74) is -0.595. The molecule has 0 aromatic carbocycles. The second kappa shape index (κ2) is 7.81. The molecule has 6 nitrogen and oxygen atoms in total. The minimum Gasteiger partial charge on any atom is -0.481 e. The lowest BCUT2D eigenvalue weighted by Gasteiger charge is -2.33. The van der Waals surface area contributed by atoms with Gasteiger partial charge < -0.3 is 20.3 Å². The molecule has 0 aromatic rings. The van der Waals surface area contributed by atoms with Gasteiger partial charge in [0.2, 0.25) is 0 Å². The second-order valence-electron chi connectivity index (χ2n) is 4.52. The highest BCUT2D eigenvalue weighted by Gasteiger charge is 2.29. The Hall–Kier alpha value is -1.43. The highest BCUT2D eigenvalue weighted by atomic mass is 16.4. The van der Waals surface area contributed by atoms with Crippen molar-refractivity contribution < 1.29 is 24.6 Å². The van der Waals surface area contributed by atoms with Crippen LogP contribution in [0.15, 0.2) is 0 Å². The smallest absolute Gasteiger partial charge is 0.303 e. The third-order valence-corrected chi connectivity index (χ3v) is 3.12. The van der Waals surface area contributed by atoms with Crippen molar-refractivity contribution in [1.82, 2.24) is 5.32 Å². The Labute approximate surface area is 106 Å². The van der Waals surface area contributed by atoms with Crippen LogP contribution in [-0.2, 0) is 14.4 Å². The van der Waals surface area contributed by atoms with E-state index in [1.807, 2.05) is 0 Å². The molecule has 6 heteroatoms. The zero-order valence-electron chi connectivity index (χ0n) is 10.9. The third-order valence-electron chi connectivity index (χ3n) is 3.12. The summed E-state index contributed by atoms with van der Waals surface area (Å²) in [5, 5.41) is 20.4. The van der Waals surface area contributed by atoms with E-state index in [0.29, 0.717) is 25.7 Å². The highest BCUT2D eigenvalue weighted by molar-refractivity contribution is 5.75. The van der Waals surface area contributed by atoms with Crippen LogP contribution in [0.3, 0.4) is 0 Å². The summed E-state index contributed by atoms with van der Waals surface area (Å²) in [4.78, 5) is 32.3. The average molecular weight is 259 g/mol. The van der Waals surface area contributed by atoms with Gasteiger partial charge in [-0.3, -0.25) is 9.59 Å². The van der Waals surface area contributed by atoms with Crippen LogP contribution in [-0.4, -0.2) is 40.5 Å². The first-order chi connectivity index (χ1) is 8.31. The molecule has 0 amide bonds. The maximum Gasteiger partial charge on any atom is 0.303 e. The van der Waals surface area contributed by atoms with Gasteiger partial charge in [0.05, 0.1) is 0 Å². The Bertz CT molecular complexity index is 268. The van der Waals surface area contributed by atoms with Crippen molar-refractivity contribution in [3.8, 4) is 0 Å². The fourth-order valence-electron chi connectivity index (χ4n) is 1.86. The number of carboxylic acid groups (broad SMARTS) is 2. The van der Waals surface area contributed by atoms with Crippen molar-refractivity contribution in [2.75, 3.05) is 7.05 Å². The van der Waals surface area contributed by atoms with E-state index in [4.69, 9.17) is 10.2 Å². The Morgan fingerprint density at radius 1 is 0.944 bits per heavy atom. The molecule has 0 rings (SSSR count). The standard InChI is InChI=1S/C12H21NO5/c1-9(14)3-6-12(13-2,7-4-10(15)16)8-5-11(17)18/h13H,3-8H2,1-2H3,(H,15,16)(H,17,18). The molecular formula is C12H21NO5. The van der Waals surface area contributed by atoms with Gasteiger partial charge in [0, 0.05) is 24.8 Å². The van der Waals surface area contributed by atoms with Crippen molar-refractivity contribution in [2.45, 2.75) is 51.0 Å². The van der Waals surface area contributed by atoms with E-state index >= 15 is 0 Å². The van der Waals surface area contributed by atoms with E-state index in [-0.39, 0.29) is 18.6 Å². The summed E-state index contributed by atoms with van der Waals surface area (Å²) in [6, 6.07) is 0. The van der Waals surface area contributed by atoms with Crippen molar-refractivity contribution in [3.05, 3.63) is 0 Å². The topological polar surface area (TPSA) is 104 Å². The van der Waals surface area contributed by atoms with Crippen molar-refractivity contribution in [3.63, 3.8) is 0 Å². The van der Waals surface area contributed by atoms with Crippen molar-refractivity contribution >= 4 is 17.7 Å². The minimum absolute atomic E-state index is 0.0141. The van der Waals surface area contributed by atoms with E-state index in [0.717, 1.165) is 0 Å². The molecule has 3 N–H and O–H groups in total. The first-order valence-corrected chi connectivity index (χ1v) is 5.93. The summed E-state index contributed by atoms with van der Waals surface area (Å²) in [7, 11) is 1.67. The van der Waals surface area contributed by atoms with Crippen LogP contribution in [0.2, 0.25) is 0 Å². The van der Waals surface area contributed by atoms with Crippen LogP contribution in [0.5, 0.6) is 0 Å². The molecule has 0 saturated carbocycles. The van der Waals surface area contributed by atoms with Gasteiger partial charge in [0.25, 0.3) is 0 Å². The van der Waals surface area contributed by atoms with Crippen LogP contribution >= 0.6 is 0 Å². The van der Waals surface area contributed by atoms with Gasteiger partial charge in [0.1, 0.15) is 5.78 Å². The van der Waals surface area contributed by atoms with Gasteiger partial charge in [-0.15, -0.1) is 0 Å². The maximum atomic E-state index is 11.0. The Morgan fingerprint density at radius 2 is 1.33 bits per heavy atom. The second-order valence-corrected chi connectivity index (χ2v) is 4.52. The number of carboxylic acids is 2. The minimum atomic E-state index is -0.923. The Balaban J connectivity index is 4.63. The van der Waals surface area contributed by atoms with Crippen LogP contribution in [0.1, 0.15) is 45.4 Å². The predicted octanol–water partition coefficient (Wildman–Crippen LogP) is 1.04. The van der Waals surface area contributed by atoms with Crippen LogP contribution in [0.4, 0.5) is 0 Å². The third kappa shape index (κ3) is 7.01. The molecule has 0 fully saturated rings. The monoisotopic (exact) mass is 259 g/mol. The number of hydrogen-bond acceptors (Lipinski definition) is 4. The number of Topliss-reactive ketones (excluding diaryl/α,β-unsaturated/α-hetero) is 1. The number of carbonyl (C=O) groups excluding carboxylic acids is 1. The normalized spacial score (nSPS) is 11.2. The molecule has 0 radical (unpaired) electrons. The SMILES string of the molecule is CNC(CCC(C)=O)(CCC(=O)O)CCC(=O)O. The lowest BCUT2D eigenvalue weighted by atomic mass is 9.83. The number of carbonyl (C=O) groups is 3. The lowest BCUT2D eigenvalue weighted by molar-refractivity contribution is -0.137. The zero-order valence-corrected chi connectivity index (χ0v) is 10.9. The molecule has 0 aliphatic rings. The molecule has 0 unspecified atom stereocenters. The first-order valence-electron chi connectivity index (χ1n) is 5.93. The van der Waals surface area contributed by atoms with E-state index in [9.17, 15) is 14.4 Å². The van der Waals surface area contributed by atoms with Gasteiger partial charge in [0.15, 0.2) is 0 Å². The molecule has 18 heavy (non-hydrogen) atoms. The number of aliphatic carboxylic acids is 2. The van der Waals surface area contributed by atoms with Gasteiger partial charge in [-0.2, -0.15) is 0 Å². The molecule has 104 valence electrons. The van der Waals surface area contributed by atoms with Gasteiger partial charge >= 0.3 is 11.9 Å². The van der Waals surface area contributed by atoms with Crippen molar-refractivity contribution in [1.29, 1.82) is 0 Å². The predicted molar refractivity (Wildman–Crippen MR) is 65.4 cm³/mol. The molecule has 0 aliphatic heterocycles. The van der Waals surface area contributed by atoms with Crippen LogP contribution in [0, 0.1) is 0 Å². The molecule has 0 bridgehead atoms. The first kappa shape index (κ1) is 16.6. The molecule has 0 saturated heterocycles. The lowest BCUT2D eigenvalue weighted by Crippen LogP contribution is -2.44. The van der Waals surface area contributed by atoms with E-state index < -0.39 is 17.5 Å². The highest BCUT2D eigenvalue weighted by Crippen LogP contribution is 2.25. The Kier molecular flexibility index (Phi) is 7.19. The summed E-state index contributed by atoms with van der Waals surface area (Å²) in [6.07, 6.45) is 1.33. The average Bonchev–Trinajstić information content (AvgIpc) is 2.28. The van der Waals surface area contributed by atoms with Crippen LogP contribution < -0.4 is 5.32 Å². The maximum absolute atomic E-state index is 11.0. The molecule has 0 heterocycles. The quantitative estimate of drug-likeness (QED) is 0.541. The summed E-state index contributed by atoms with van der Waals surface area (Å²) in [6.45, 7) is 1.47. The number of ketones is 1. The number of hydrogen-bond donors (Lipinski definition) is 3. The summed E-state index contributed by atoms with van der Waals surface area (Å²) in [5.74, 6) is -1.83. The largest absolute Gasteiger partial charge is 0.481 e. The van der Waals surface area contributed by atoms with Crippen molar-refractivity contribution in [2.24, 2.45) is 0 Å². The van der Waals surface area contributed by atoms with Gasteiger partial charge in [-0.1, -0.05) is 0 Å². The fourth-order valence-corrected chi connectivity index (χ4v) is 1.86. The molecule has 0 spiro atoms. The van der Waals surface area contributed by atoms with Gasteiger partial charge in [-0.25, -0.2) is 0 Å². The molecule has 0 atom stereocenters. The fraction of sp³-hybridized carbons (Fsp3) is 0.750. The summed E-state index contributed by atoms with van der Waals surface area (Å²) >= 11 is 0. The number of rotatable bonds is 10. The van der Waals surface area contributed by atoms with Crippen LogP contribution in [0.25, 0.3) is 0 Å². The Morgan fingerprint density at radius 3 is 1.61 bits per heavy atom. The van der Waals surface area contributed by atoms with E-state index in [2.05, 4.69) is 5.32 Å². The van der Waals surface area contributed by atoms with E-state index in [1.54, 1.807) is 7.05 Å². The molecule has 0 aromatic heterocycles. The summed E-state index contributed by atoms with van der Waals surface area (Å²) < 4.78 is 0. The molecule has 0 aliphatic carbocycles. The number of nitrogens with one attached hydrogen (secondary N) is 1. The zero-order chi connectivity index (χ0) is 14.2. The van der Waals surface area contributed by atoms with Gasteiger partial charge in [-0.05, 0) is 33.2 Å². The van der Waals surface area contributed by atoms with E-state index in [1.165, 1.54) is 6.92 Å². The molecular weight excluding hydrogens is 238 g/mol.